The maximum Gasteiger partial charge on any atom is 0.233 e. The lowest BCUT2D eigenvalue weighted by Gasteiger charge is -2.05. The Kier molecular flexibility index (Phi) is 5.99. The molecule has 1 rings (SSSR count). The minimum absolute atomic E-state index is 0.346. The fourth-order valence-electron chi connectivity index (χ4n) is 0.830. The molecule has 5 nitrogen and oxygen atoms in total. The maximum absolute atomic E-state index is 5.56. The number of halogens is 1. The number of hydrogen-bond donors (Lipinski definition) is 0. The van der Waals surface area contributed by atoms with Gasteiger partial charge in [0.2, 0.25) is 5.88 Å². The van der Waals surface area contributed by atoms with Crippen LogP contribution in [0.4, 0.5) is 0 Å². The van der Waals surface area contributed by atoms with Crippen LogP contribution in [0.3, 0.4) is 0 Å². The summed E-state index contributed by atoms with van der Waals surface area (Å²) in [7, 11) is 1.63. The molecule has 0 aromatic carbocycles. The van der Waals surface area contributed by atoms with E-state index in [0.717, 1.165) is 0 Å². The Balaban J connectivity index is 2.07. The van der Waals surface area contributed by atoms with Crippen molar-refractivity contribution in [1.29, 1.82) is 0 Å². The Labute approximate surface area is 93.3 Å². The first-order valence-electron chi connectivity index (χ1n) is 4.51. The molecular formula is C9H13ClN2O3. The number of hydrogen-bond acceptors (Lipinski definition) is 5. The van der Waals surface area contributed by atoms with Crippen molar-refractivity contribution >= 4 is 11.6 Å². The number of methoxy groups -OCH3 is 1. The van der Waals surface area contributed by atoms with E-state index >= 15 is 0 Å². The lowest BCUT2D eigenvalue weighted by Crippen LogP contribution is -2.10. The van der Waals surface area contributed by atoms with Crippen LogP contribution in [0.1, 0.15) is 0 Å². The molecule has 1 heterocycles. The summed E-state index contributed by atoms with van der Waals surface area (Å²) in [4.78, 5) is 0. The van der Waals surface area contributed by atoms with Crippen LogP contribution in [-0.2, 0) is 9.47 Å². The van der Waals surface area contributed by atoms with Gasteiger partial charge in [0.1, 0.15) is 6.61 Å². The molecule has 0 fully saturated rings. The maximum atomic E-state index is 5.56. The molecule has 0 radical (unpaired) electrons. The summed E-state index contributed by atoms with van der Waals surface area (Å²) in [6.07, 6.45) is 0. The summed E-state index contributed by atoms with van der Waals surface area (Å²) in [6, 6.07) is 3.28. The van der Waals surface area contributed by atoms with Crippen LogP contribution in [0.25, 0.3) is 0 Å². The van der Waals surface area contributed by atoms with E-state index in [0.29, 0.717) is 37.5 Å². The molecule has 0 aliphatic rings. The third-order valence-corrected chi connectivity index (χ3v) is 1.72. The molecule has 0 saturated carbocycles. The van der Waals surface area contributed by atoms with Crippen molar-refractivity contribution in [3.05, 3.63) is 17.3 Å². The van der Waals surface area contributed by atoms with Crippen molar-refractivity contribution in [2.24, 2.45) is 0 Å². The molecule has 0 amide bonds. The Morgan fingerprint density at radius 3 is 2.60 bits per heavy atom. The topological polar surface area (TPSA) is 53.5 Å². The van der Waals surface area contributed by atoms with Gasteiger partial charge in [-0.3, -0.25) is 0 Å². The van der Waals surface area contributed by atoms with Gasteiger partial charge in [0.15, 0.2) is 5.15 Å². The summed E-state index contributed by atoms with van der Waals surface area (Å²) in [5, 5.41) is 7.71. The molecule has 0 atom stereocenters. The molecule has 6 heteroatoms. The van der Waals surface area contributed by atoms with E-state index in [1.54, 1.807) is 19.2 Å². The molecule has 15 heavy (non-hydrogen) atoms. The predicted octanol–water partition coefficient (Wildman–Crippen LogP) is 1.17. The average molecular weight is 233 g/mol. The first-order chi connectivity index (χ1) is 7.33. The van der Waals surface area contributed by atoms with E-state index in [9.17, 15) is 0 Å². The van der Waals surface area contributed by atoms with Crippen LogP contribution in [0.15, 0.2) is 12.1 Å². The smallest absolute Gasteiger partial charge is 0.233 e. The van der Waals surface area contributed by atoms with E-state index in [2.05, 4.69) is 10.2 Å². The number of ether oxygens (including phenoxy) is 3. The van der Waals surface area contributed by atoms with Crippen LogP contribution in [0.5, 0.6) is 5.88 Å². The van der Waals surface area contributed by atoms with Crippen LogP contribution >= 0.6 is 11.6 Å². The Bertz CT molecular complexity index is 269. The number of aromatic nitrogens is 2. The molecule has 0 N–H and O–H groups in total. The minimum Gasteiger partial charge on any atom is -0.474 e. The zero-order valence-corrected chi connectivity index (χ0v) is 9.24. The Morgan fingerprint density at radius 2 is 1.93 bits per heavy atom. The molecule has 0 unspecified atom stereocenters. The van der Waals surface area contributed by atoms with Gasteiger partial charge < -0.3 is 14.2 Å². The number of rotatable bonds is 7. The fraction of sp³-hybridized carbons (Fsp3) is 0.556. The van der Waals surface area contributed by atoms with Gasteiger partial charge in [-0.2, -0.15) is 0 Å². The fourth-order valence-corrected chi connectivity index (χ4v) is 0.931. The highest BCUT2D eigenvalue weighted by atomic mass is 35.5. The number of nitrogens with zero attached hydrogens (tertiary/aromatic N) is 2. The molecule has 1 aromatic heterocycles. The summed E-state index contributed by atoms with van der Waals surface area (Å²) < 4.78 is 15.3. The minimum atomic E-state index is 0.346. The standard InChI is InChI=1S/C9H13ClN2O3/c1-13-4-5-14-6-7-15-9-3-2-8(10)11-12-9/h2-3H,4-7H2,1H3. The van der Waals surface area contributed by atoms with Crippen molar-refractivity contribution in [3.8, 4) is 5.88 Å². The zero-order chi connectivity index (χ0) is 10.9. The van der Waals surface area contributed by atoms with E-state index < -0.39 is 0 Å². The monoisotopic (exact) mass is 232 g/mol. The Morgan fingerprint density at radius 1 is 1.13 bits per heavy atom. The summed E-state index contributed by atoms with van der Waals surface area (Å²) >= 11 is 5.56. The summed E-state index contributed by atoms with van der Waals surface area (Å²) in [5.74, 6) is 0.440. The molecule has 0 bridgehead atoms. The molecule has 0 aliphatic heterocycles. The largest absolute Gasteiger partial charge is 0.474 e. The van der Waals surface area contributed by atoms with Gasteiger partial charge in [0, 0.05) is 13.2 Å². The molecule has 0 spiro atoms. The van der Waals surface area contributed by atoms with Crippen molar-refractivity contribution in [1.82, 2.24) is 10.2 Å². The highest BCUT2D eigenvalue weighted by molar-refractivity contribution is 6.29. The van der Waals surface area contributed by atoms with Gasteiger partial charge in [-0.1, -0.05) is 11.6 Å². The average Bonchev–Trinajstić information content (AvgIpc) is 2.26. The normalized spacial score (nSPS) is 10.3. The van der Waals surface area contributed by atoms with Crippen molar-refractivity contribution in [3.63, 3.8) is 0 Å². The predicted molar refractivity (Wildman–Crippen MR) is 55.2 cm³/mol. The first kappa shape index (κ1) is 12.2. The molecule has 0 saturated heterocycles. The van der Waals surface area contributed by atoms with Crippen molar-refractivity contribution in [2.75, 3.05) is 33.5 Å². The highest BCUT2D eigenvalue weighted by Crippen LogP contribution is 2.07. The summed E-state index contributed by atoms with van der Waals surface area (Å²) in [6.45, 7) is 2.07. The lowest BCUT2D eigenvalue weighted by atomic mass is 10.6. The van der Waals surface area contributed by atoms with Gasteiger partial charge in [-0.25, -0.2) is 0 Å². The second-order valence-electron chi connectivity index (χ2n) is 2.65. The van der Waals surface area contributed by atoms with Gasteiger partial charge in [-0.15, -0.1) is 10.2 Å². The summed E-state index contributed by atoms with van der Waals surface area (Å²) in [5.41, 5.74) is 0. The van der Waals surface area contributed by atoms with Crippen LogP contribution in [-0.4, -0.2) is 43.7 Å². The SMILES string of the molecule is COCCOCCOc1ccc(Cl)nn1. The molecule has 84 valence electrons. The van der Waals surface area contributed by atoms with E-state index in [-0.39, 0.29) is 0 Å². The van der Waals surface area contributed by atoms with Gasteiger partial charge >= 0.3 is 0 Å². The molecule has 0 aliphatic carbocycles. The second-order valence-corrected chi connectivity index (χ2v) is 3.04. The van der Waals surface area contributed by atoms with Gasteiger partial charge in [0.05, 0.1) is 19.8 Å². The van der Waals surface area contributed by atoms with Crippen LogP contribution < -0.4 is 4.74 Å². The van der Waals surface area contributed by atoms with E-state index in [1.165, 1.54) is 0 Å². The highest BCUT2D eigenvalue weighted by Gasteiger charge is 1.96. The van der Waals surface area contributed by atoms with Crippen molar-refractivity contribution in [2.45, 2.75) is 0 Å². The van der Waals surface area contributed by atoms with Crippen LogP contribution in [0, 0.1) is 0 Å². The third kappa shape index (κ3) is 5.51. The zero-order valence-electron chi connectivity index (χ0n) is 8.48. The Hall–Kier alpha value is -0.910. The molecule has 1 aromatic rings. The lowest BCUT2D eigenvalue weighted by molar-refractivity contribution is 0.0535. The second kappa shape index (κ2) is 7.39. The first-order valence-corrected chi connectivity index (χ1v) is 4.89. The van der Waals surface area contributed by atoms with Gasteiger partial charge in [-0.05, 0) is 6.07 Å². The van der Waals surface area contributed by atoms with E-state index in [1.807, 2.05) is 0 Å². The van der Waals surface area contributed by atoms with Crippen molar-refractivity contribution < 1.29 is 14.2 Å². The van der Waals surface area contributed by atoms with Crippen LogP contribution in [0.2, 0.25) is 5.15 Å². The quantitative estimate of drug-likeness (QED) is 0.661. The molecular weight excluding hydrogens is 220 g/mol. The van der Waals surface area contributed by atoms with E-state index in [4.69, 9.17) is 25.8 Å². The van der Waals surface area contributed by atoms with Gasteiger partial charge in [0.25, 0.3) is 0 Å². The third-order valence-electron chi connectivity index (χ3n) is 1.52.